The highest BCUT2D eigenvalue weighted by Gasteiger charge is 2.26. The van der Waals surface area contributed by atoms with Crippen molar-refractivity contribution in [2.45, 2.75) is 12.5 Å². The Labute approximate surface area is 113 Å². The zero-order chi connectivity index (χ0) is 13.7. The van der Waals surface area contributed by atoms with Crippen LogP contribution in [0.2, 0.25) is 0 Å². The minimum Gasteiger partial charge on any atom is -0.486 e. The van der Waals surface area contributed by atoms with Gasteiger partial charge in [0, 0.05) is 13.7 Å². The lowest BCUT2D eigenvalue weighted by molar-refractivity contribution is 0.146. The van der Waals surface area contributed by atoms with Gasteiger partial charge in [-0.05, 0) is 24.6 Å². The Morgan fingerprint density at radius 3 is 2.74 bits per heavy atom. The first kappa shape index (κ1) is 14.1. The summed E-state index contributed by atoms with van der Waals surface area (Å²) >= 11 is 0. The molecule has 1 heterocycles. The van der Waals surface area contributed by atoms with E-state index in [1.54, 1.807) is 7.11 Å². The summed E-state index contributed by atoms with van der Waals surface area (Å²) in [6, 6.07) is 5.75. The van der Waals surface area contributed by atoms with Crippen molar-refractivity contribution < 1.29 is 19.3 Å². The van der Waals surface area contributed by atoms with Crippen LogP contribution in [0.5, 0.6) is 11.5 Å². The van der Waals surface area contributed by atoms with E-state index in [0.29, 0.717) is 26.4 Å². The van der Waals surface area contributed by atoms with Gasteiger partial charge in [0.1, 0.15) is 13.2 Å². The number of aliphatic hydroxyl groups excluding tert-OH is 1. The molecule has 106 valence electrons. The van der Waals surface area contributed by atoms with Crippen molar-refractivity contribution in [3.8, 4) is 11.5 Å². The third-order valence-electron chi connectivity index (χ3n) is 3.32. The zero-order valence-corrected chi connectivity index (χ0v) is 11.4. The quantitative estimate of drug-likeness (QED) is 0.750. The summed E-state index contributed by atoms with van der Waals surface area (Å²) in [5.74, 6) is 1.49. The van der Waals surface area contributed by atoms with E-state index in [0.717, 1.165) is 17.1 Å². The summed E-state index contributed by atoms with van der Waals surface area (Å²) in [7, 11) is 1.65. The highest BCUT2D eigenvalue weighted by atomic mass is 16.6. The van der Waals surface area contributed by atoms with Crippen LogP contribution < -0.4 is 14.8 Å². The molecule has 0 saturated heterocycles. The fraction of sp³-hybridized carbons (Fsp3) is 0.571. The highest BCUT2D eigenvalue weighted by molar-refractivity contribution is 5.45. The molecule has 2 N–H and O–H groups in total. The first-order valence-electron chi connectivity index (χ1n) is 6.44. The van der Waals surface area contributed by atoms with Crippen molar-refractivity contribution in [2.24, 2.45) is 0 Å². The third kappa shape index (κ3) is 3.18. The van der Waals surface area contributed by atoms with Crippen LogP contribution in [0.25, 0.3) is 0 Å². The van der Waals surface area contributed by atoms with Crippen molar-refractivity contribution in [1.29, 1.82) is 0 Å². The summed E-state index contributed by atoms with van der Waals surface area (Å²) in [5, 5.41) is 13.0. The molecule has 1 unspecified atom stereocenters. The summed E-state index contributed by atoms with van der Waals surface area (Å²) in [6.45, 7) is 4.35. The average molecular weight is 267 g/mol. The Morgan fingerprint density at radius 2 is 2.05 bits per heavy atom. The molecule has 5 heteroatoms. The largest absolute Gasteiger partial charge is 0.486 e. The number of benzene rings is 1. The maximum absolute atomic E-state index is 9.67. The van der Waals surface area contributed by atoms with Crippen molar-refractivity contribution in [1.82, 2.24) is 5.32 Å². The number of rotatable bonds is 6. The van der Waals surface area contributed by atoms with E-state index in [2.05, 4.69) is 5.32 Å². The molecule has 5 nitrogen and oxygen atoms in total. The van der Waals surface area contributed by atoms with Crippen LogP contribution in [-0.2, 0) is 10.3 Å². The second-order valence-corrected chi connectivity index (χ2v) is 4.77. The minimum absolute atomic E-state index is 0.00361. The standard InChI is InChI=1S/C14H21NO4/c1-14(10-16,15-5-6-17-2)11-3-4-12-13(9-11)19-8-7-18-12/h3-4,9,15-16H,5-8,10H2,1-2H3. The van der Waals surface area contributed by atoms with E-state index in [1.165, 1.54) is 0 Å². The van der Waals surface area contributed by atoms with E-state index in [9.17, 15) is 5.11 Å². The zero-order valence-electron chi connectivity index (χ0n) is 11.4. The highest BCUT2D eigenvalue weighted by Crippen LogP contribution is 2.34. The summed E-state index contributed by atoms with van der Waals surface area (Å²) in [4.78, 5) is 0. The summed E-state index contributed by atoms with van der Waals surface area (Å²) < 4.78 is 16.1. The van der Waals surface area contributed by atoms with Gasteiger partial charge in [-0.15, -0.1) is 0 Å². The van der Waals surface area contributed by atoms with Gasteiger partial charge in [-0.3, -0.25) is 0 Å². The Balaban J connectivity index is 2.17. The number of aliphatic hydroxyl groups is 1. The van der Waals surface area contributed by atoms with Gasteiger partial charge in [0.2, 0.25) is 0 Å². The lowest BCUT2D eigenvalue weighted by Gasteiger charge is -2.30. The van der Waals surface area contributed by atoms with Gasteiger partial charge < -0.3 is 24.6 Å². The maximum atomic E-state index is 9.67. The van der Waals surface area contributed by atoms with Gasteiger partial charge in [0.25, 0.3) is 0 Å². The number of ether oxygens (including phenoxy) is 3. The second kappa shape index (κ2) is 6.23. The SMILES string of the molecule is COCCNC(C)(CO)c1ccc2c(c1)OCCO2. The number of fused-ring (bicyclic) bond motifs is 1. The van der Waals surface area contributed by atoms with Crippen LogP contribution in [0, 0.1) is 0 Å². The molecule has 1 aromatic rings. The van der Waals surface area contributed by atoms with E-state index < -0.39 is 5.54 Å². The number of hydrogen-bond donors (Lipinski definition) is 2. The number of nitrogens with one attached hydrogen (secondary N) is 1. The normalized spacial score (nSPS) is 17.0. The van der Waals surface area contributed by atoms with Crippen molar-refractivity contribution >= 4 is 0 Å². The van der Waals surface area contributed by atoms with E-state index in [4.69, 9.17) is 14.2 Å². The molecule has 0 aliphatic carbocycles. The predicted octanol–water partition coefficient (Wildman–Crippen LogP) is 0.901. The van der Waals surface area contributed by atoms with Crippen LogP contribution in [0.3, 0.4) is 0 Å². The predicted molar refractivity (Wildman–Crippen MR) is 71.7 cm³/mol. The van der Waals surface area contributed by atoms with Crippen molar-refractivity contribution in [2.75, 3.05) is 40.1 Å². The topological polar surface area (TPSA) is 60.0 Å². The lowest BCUT2D eigenvalue weighted by atomic mass is 9.92. The maximum Gasteiger partial charge on any atom is 0.161 e. The Hall–Kier alpha value is -1.30. The molecule has 2 rings (SSSR count). The number of hydrogen-bond acceptors (Lipinski definition) is 5. The molecule has 0 radical (unpaired) electrons. The molecular formula is C14H21NO4. The molecule has 1 aromatic carbocycles. The molecule has 1 aliphatic heterocycles. The fourth-order valence-corrected chi connectivity index (χ4v) is 2.06. The Kier molecular flexibility index (Phi) is 4.63. The first-order chi connectivity index (χ1) is 9.19. The fourth-order valence-electron chi connectivity index (χ4n) is 2.06. The van der Waals surface area contributed by atoms with Gasteiger partial charge in [-0.2, -0.15) is 0 Å². The second-order valence-electron chi connectivity index (χ2n) is 4.77. The summed E-state index contributed by atoms with van der Waals surface area (Å²) in [5.41, 5.74) is 0.448. The minimum atomic E-state index is -0.519. The van der Waals surface area contributed by atoms with E-state index >= 15 is 0 Å². The van der Waals surface area contributed by atoms with Crippen molar-refractivity contribution in [3.63, 3.8) is 0 Å². The molecule has 0 spiro atoms. The molecule has 0 aromatic heterocycles. The van der Waals surface area contributed by atoms with Crippen molar-refractivity contribution in [3.05, 3.63) is 23.8 Å². The molecule has 0 bridgehead atoms. The van der Waals surface area contributed by atoms with Gasteiger partial charge in [0.05, 0.1) is 18.8 Å². The van der Waals surface area contributed by atoms with Gasteiger partial charge in [-0.25, -0.2) is 0 Å². The molecule has 1 atom stereocenters. The van der Waals surface area contributed by atoms with E-state index in [-0.39, 0.29) is 6.61 Å². The van der Waals surface area contributed by atoms with E-state index in [1.807, 2.05) is 25.1 Å². The monoisotopic (exact) mass is 267 g/mol. The molecule has 19 heavy (non-hydrogen) atoms. The first-order valence-corrected chi connectivity index (χ1v) is 6.44. The Bertz CT molecular complexity index is 424. The molecule has 0 fully saturated rings. The van der Waals surface area contributed by atoms with Gasteiger partial charge >= 0.3 is 0 Å². The Morgan fingerprint density at radius 1 is 1.32 bits per heavy atom. The summed E-state index contributed by atoms with van der Waals surface area (Å²) in [6.07, 6.45) is 0. The van der Waals surface area contributed by atoms with Crippen LogP contribution in [0.4, 0.5) is 0 Å². The molecule has 1 aliphatic rings. The molecular weight excluding hydrogens is 246 g/mol. The van der Waals surface area contributed by atoms with Gasteiger partial charge in [0.15, 0.2) is 11.5 Å². The lowest BCUT2D eigenvalue weighted by Crippen LogP contribution is -2.44. The average Bonchev–Trinajstić information content (AvgIpc) is 2.47. The smallest absolute Gasteiger partial charge is 0.161 e. The van der Waals surface area contributed by atoms with Crippen LogP contribution in [0.1, 0.15) is 12.5 Å². The number of methoxy groups -OCH3 is 1. The van der Waals surface area contributed by atoms with Crippen LogP contribution in [0.15, 0.2) is 18.2 Å². The van der Waals surface area contributed by atoms with Gasteiger partial charge in [-0.1, -0.05) is 6.07 Å². The van der Waals surface area contributed by atoms with Crippen LogP contribution >= 0.6 is 0 Å². The molecule has 0 saturated carbocycles. The molecule has 0 amide bonds. The van der Waals surface area contributed by atoms with Crippen LogP contribution in [-0.4, -0.2) is 45.2 Å². The third-order valence-corrected chi connectivity index (χ3v) is 3.32.